The second-order valence-electron chi connectivity index (χ2n) is 2.60. The van der Waals surface area contributed by atoms with Gasteiger partial charge in [-0.15, -0.1) is 11.3 Å². The molecule has 0 aliphatic rings. The van der Waals surface area contributed by atoms with Crippen LogP contribution in [0.4, 0.5) is 4.39 Å². The molecule has 1 heterocycles. The van der Waals surface area contributed by atoms with E-state index >= 15 is 0 Å². The molecule has 0 aliphatic heterocycles. The van der Waals surface area contributed by atoms with E-state index in [1.165, 1.54) is 23.1 Å². The average Bonchev–Trinajstić information content (AvgIpc) is 2.43. The van der Waals surface area contributed by atoms with Crippen molar-refractivity contribution >= 4 is 29.1 Å². The van der Waals surface area contributed by atoms with Gasteiger partial charge in [0.2, 0.25) is 0 Å². The van der Waals surface area contributed by atoms with Gasteiger partial charge in [-0.05, 0) is 6.92 Å². The van der Waals surface area contributed by atoms with E-state index in [4.69, 9.17) is 5.11 Å². The predicted octanol–water partition coefficient (Wildman–Crippen LogP) is 2.14. The van der Waals surface area contributed by atoms with Crippen molar-refractivity contribution in [1.82, 2.24) is 4.98 Å². The molecule has 1 aromatic heterocycles. The zero-order valence-electron chi connectivity index (χ0n) is 7.62. The summed E-state index contributed by atoms with van der Waals surface area (Å²) in [5, 5.41) is 8.59. The number of aromatic nitrogens is 1. The van der Waals surface area contributed by atoms with Gasteiger partial charge in [-0.1, -0.05) is 11.8 Å². The maximum absolute atomic E-state index is 11.9. The van der Waals surface area contributed by atoms with Crippen molar-refractivity contribution in [3.8, 4) is 0 Å². The molecule has 6 heteroatoms. The van der Waals surface area contributed by atoms with Crippen LogP contribution in [0, 0.1) is 6.92 Å². The van der Waals surface area contributed by atoms with E-state index < -0.39 is 12.6 Å². The fourth-order valence-electron chi connectivity index (χ4n) is 0.890. The number of rotatable bonds is 5. The average molecular weight is 235 g/mol. The zero-order valence-corrected chi connectivity index (χ0v) is 9.25. The van der Waals surface area contributed by atoms with Crippen LogP contribution in [0.1, 0.15) is 10.6 Å². The lowest BCUT2D eigenvalue weighted by Gasteiger charge is -1.90. The molecule has 78 valence electrons. The Kier molecular flexibility index (Phi) is 4.34. The molecular formula is C8H10FNO2S2. The number of aryl methyl sites for hydroxylation is 1. The fourth-order valence-corrected chi connectivity index (χ4v) is 2.91. The number of thioether (sulfide) groups is 1. The van der Waals surface area contributed by atoms with Crippen molar-refractivity contribution in [2.75, 3.05) is 12.4 Å². The predicted molar refractivity (Wildman–Crippen MR) is 54.9 cm³/mol. The van der Waals surface area contributed by atoms with Crippen LogP contribution in [0.2, 0.25) is 0 Å². The summed E-state index contributed by atoms with van der Waals surface area (Å²) in [6.45, 7) is 1.38. The lowest BCUT2D eigenvalue weighted by atomic mass is 10.3. The largest absolute Gasteiger partial charge is 0.481 e. The third-order valence-corrected chi connectivity index (χ3v) is 3.74. The number of carboxylic acids is 1. The maximum Gasteiger partial charge on any atom is 0.308 e. The minimum atomic E-state index is -0.862. The number of alkyl halides is 1. The van der Waals surface area contributed by atoms with Crippen LogP contribution in [-0.2, 0) is 11.2 Å². The summed E-state index contributed by atoms with van der Waals surface area (Å²) < 4.78 is 12.6. The molecule has 1 aromatic rings. The molecule has 0 radical (unpaired) electrons. The summed E-state index contributed by atoms with van der Waals surface area (Å²) in [7, 11) is 0. The van der Waals surface area contributed by atoms with Gasteiger partial charge in [0.05, 0.1) is 18.8 Å². The lowest BCUT2D eigenvalue weighted by Crippen LogP contribution is -1.99. The number of nitrogens with zero attached hydrogens (tertiary/aromatic N) is 1. The first kappa shape index (κ1) is 11.5. The number of carbonyl (C=O) groups is 1. The van der Waals surface area contributed by atoms with Gasteiger partial charge < -0.3 is 5.11 Å². The van der Waals surface area contributed by atoms with Crippen LogP contribution in [0.25, 0.3) is 0 Å². The Hall–Kier alpha value is -0.620. The molecule has 0 aromatic carbocycles. The number of halogens is 1. The van der Waals surface area contributed by atoms with Gasteiger partial charge in [0.25, 0.3) is 0 Å². The lowest BCUT2D eigenvalue weighted by molar-refractivity contribution is -0.136. The van der Waals surface area contributed by atoms with Crippen LogP contribution in [0.15, 0.2) is 4.34 Å². The van der Waals surface area contributed by atoms with Crippen LogP contribution < -0.4 is 0 Å². The van der Waals surface area contributed by atoms with Crippen molar-refractivity contribution in [3.05, 3.63) is 10.6 Å². The summed E-state index contributed by atoms with van der Waals surface area (Å²) in [6.07, 6.45) is -0.000313. The fraction of sp³-hybridized carbons (Fsp3) is 0.500. The van der Waals surface area contributed by atoms with Crippen LogP contribution >= 0.6 is 23.1 Å². The van der Waals surface area contributed by atoms with Crippen molar-refractivity contribution in [2.45, 2.75) is 17.7 Å². The first-order chi connectivity index (χ1) is 6.63. The first-order valence-electron chi connectivity index (χ1n) is 4.00. The molecule has 0 saturated heterocycles. The van der Waals surface area contributed by atoms with E-state index in [0.29, 0.717) is 5.75 Å². The van der Waals surface area contributed by atoms with Gasteiger partial charge in [-0.2, -0.15) is 0 Å². The highest BCUT2D eigenvalue weighted by molar-refractivity contribution is 8.01. The SMILES string of the molecule is Cc1nc(SCCF)sc1CC(=O)O. The van der Waals surface area contributed by atoms with E-state index in [-0.39, 0.29) is 6.42 Å². The zero-order chi connectivity index (χ0) is 10.6. The third kappa shape index (κ3) is 3.26. The molecule has 0 unspecified atom stereocenters. The van der Waals surface area contributed by atoms with Gasteiger partial charge in [0, 0.05) is 10.6 Å². The highest BCUT2D eigenvalue weighted by Gasteiger charge is 2.10. The third-order valence-electron chi connectivity index (χ3n) is 1.49. The standard InChI is InChI=1S/C8H10FNO2S2/c1-5-6(4-7(11)12)14-8(10-5)13-3-2-9/h2-4H2,1H3,(H,11,12). The monoisotopic (exact) mass is 235 g/mol. The van der Waals surface area contributed by atoms with Crippen LogP contribution in [-0.4, -0.2) is 28.5 Å². The van der Waals surface area contributed by atoms with Crippen LogP contribution in [0.5, 0.6) is 0 Å². The summed E-state index contributed by atoms with van der Waals surface area (Å²) in [5.74, 6) is -0.488. The van der Waals surface area contributed by atoms with Gasteiger partial charge in [0.1, 0.15) is 4.34 Å². The normalized spacial score (nSPS) is 10.4. The quantitative estimate of drug-likeness (QED) is 0.794. The van der Waals surface area contributed by atoms with Gasteiger partial charge in [-0.25, -0.2) is 4.98 Å². The Morgan fingerprint density at radius 2 is 2.43 bits per heavy atom. The Bertz CT molecular complexity index is 327. The molecule has 0 spiro atoms. The van der Waals surface area contributed by atoms with Crippen molar-refractivity contribution in [1.29, 1.82) is 0 Å². The molecule has 0 amide bonds. The minimum Gasteiger partial charge on any atom is -0.481 e. The summed E-state index contributed by atoms with van der Waals surface area (Å²) >= 11 is 2.65. The molecular weight excluding hydrogens is 225 g/mol. The Labute approximate surface area is 89.4 Å². The maximum atomic E-state index is 11.9. The highest BCUT2D eigenvalue weighted by Crippen LogP contribution is 2.27. The summed E-state index contributed by atoms with van der Waals surface area (Å²) in [4.78, 5) is 15.4. The molecule has 0 saturated carbocycles. The van der Waals surface area contributed by atoms with E-state index in [2.05, 4.69) is 4.98 Å². The molecule has 14 heavy (non-hydrogen) atoms. The second kappa shape index (κ2) is 5.31. The molecule has 0 bridgehead atoms. The Morgan fingerprint density at radius 1 is 1.71 bits per heavy atom. The highest BCUT2D eigenvalue weighted by atomic mass is 32.2. The van der Waals surface area contributed by atoms with Gasteiger partial charge in [-0.3, -0.25) is 9.18 Å². The Morgan fingerprint density at radius 3 is 3.00 bits per heavy atom. The smallest absolute Gasteiger partial charge is 0.308 e. The number of hydrogen-bond acceptors (Lipinski definition) is 4. The summed E-state index contributed by atoms with van der Waals surface area (Å²) in [5.41, 5.74) is 0.735. The molecule has 1 rings (SSSR count). The number of hydrogen-bond donors (Lipinski definition) is 1. The minimum absolute atomic E-state index is 0.000313. The Balaban J connectivity index is 2.66. The van der Waals surface area contributed by atoms with E-state index in [0.717, 1.165) is 14.9 Å². The summed E-state index contributed by atoms with van der Waals surface area (Å²) in [6, 6.07) is 0. The molecule has 0 fully saturated rings. The number of aliphatic carboxylic acids is 1. The second-order valence-corrected chi connectivity index (χ2v) is 5.02. The van der Waals surface area contributed by atoms with Crippen molar-refractivity contribution < 1.29 is 14.3 Å². The van der Waals surface area contributed by atoms with Crippen molar-refractivity contribution in [3.63, 3.8) is 0 Å². The molecule has 0 atom stereocenters. The van der Waals surface area contributed by atoms with Crippen LogP contribution in [0.3, 0.4) is 0 Å². The van der Waals surface area contributed by atoms with Gasteiger partial charge >= 0.3 is 5.97 Å². The van der Waals surface area contributed by atoms with Crippen molar-refractivity contribution in [2.24, 2.45) is 0 Å². The van der Waals surface area contributed by atoms with E-state index in [1.807, 2.05) is 0 Å². The van der Waals surface area contributed by atoms with Gasteiger partial charge in [0.15, 0.2) is 0 Å². The van der Waals surface area contributed by atoms with E-state index in [1.54, 1.807) is 6.92 Å². The number of carboxylic acid groups (broad SMARTS) is 1. The molecule has 0 aliphatic carbocycles. The molecule has 1 N–H and O–H groups in total. The topological polar surface area (TPSA) is 50.2 Å². The number of thiazole rings is 1. The van der Waals surface area contributed by atoms with E-state index in [9.17, 15) is 9.18 Å². The first-order valence-corrected chi connectivity index (χ1v) is 5.80. The molecule has 3 nitrogen and oxygen atoms in total.